The largest absolute Gasteiger partial charge is 0.369 e. The minimum Gasteiger partial charge on any atom is -0.369 e. The van der Waals surface area contributed by atoms with E-state index in [2.05, 4.69) is 5.32 Å². The Morgan fingerprint density at radius 1 is 1.09 bits per heavy atom. The smallest absolute Gasteiger partial charge is 0.255 e. The number of sulfonamides is 1. The molecular weight excluding hydrogens is 507 g/mol. The first-order chi connectivity index (χ1) is 16.1. The molecule has 3 aliphatic rings. The lowest BCUT2D eigenvalue weighted by Crippen LogP contribution is -2.52. The van der Waals surface area contributed by atoms with Crippen LogP contribution in [0.5, 0.6) is 0 Å². The lowest BCUT2D eigenvalue weighted by Gasteiger charge is -2.36. The molecule has 4 heterocycles. The summed E-state index contributed by atoms with van der Waals surface area (Å²) in [5.41, 5.74) is 1.29. The molecule has 3 amide bonds. The molecule has 1 N–H and O–H groups in total. The Bertz CT molecular complexity index is 1310. The maximum atomic E-state index is 14.5. The van der Waals surface area contributed by atoms with Gasteiger partial charge in [-0.15, -0.1) is 11.3 Å². The van der Waals surface area contributed by atoms with Gasteiger partial charge in [0.25, 0.3) is 15.9 Å². The number of nitrogens with one attached hydrogen (secondary N) is 1. The summed E-state index contributed by atoms with van der Waals surface area (Å²) >= 11 is 6.89. The van der Waals surface area contributed by atoms with Crippen molar-refractivity contribution in [3.63, 3.8) is 0 Å². The van der Waals surface area contributed by atoms with Gasteiger partial charge in [-0.2, -0.15) is 4.31 Å². The van der Waals surface area contributed by atoms with Gasteiger partial charge in [0.2, 0.25) is 11.8 Å². The van der Waals surface area contributed by atoms with Gasteiger partial charge in [0.1, 0.15) is 16.1 Å². The fourth-order valence-corrected chi connectivity index (χ4v) is 7.68. The van der Waals surface area contributed by atoms with Crippen LogP contribution in [0.15, 0.2) is 28.5 Å². The molecule has 5 rings (SSSR count). The van der Waals surface area contributed by atoms with Crippen LogP contribution in [0.2, 0.25) is 4.34 Å². The van der Waals surface area contributed by atoms with Crippen LogP contribution in [-0.4, -0.2) is 67.6 Å². The standard InChI is InChI=1S/C21H20ClFN4O5S2/c22-17-2-4-19(33-17)34(31,32)26-7-5-25(6-8-26)16-10-12(23)9-13-14(16)11-27(21(13)30)15-1-3-18(28)24-20(15)29/h2,4,9-10,15H,1,3,5-8,11H2,(H,24,28,29). The zero-order chi connectivity index (χ0) is 24.2. The van der Waals surface area contributed by atoms with Crippen molar-refractivity contribution in [3.05, 3.63) is 45.5 Å². The molecule has 0 saturated carbocycles. The molecule has 0 radical (unpaired) electrons. The Morgan fingerprint density at radius 3 is 2.47 bits per heavy atom. The molecule has 9 nitrogen and oxygen atoms in total. The molecule has 1 unspecified atom stereocenters. The highest BCUT2D eigenvalue weighted by molar-refractivity contribution is 7.91. The second kappa shape index (κ2) is 8.59. The number of carbonyl (C=O) groups is 3. The van der Waals surface area contributed by atoms with Crippen LogP contribution in [0.4, 0.5) is 10.1 Å². The molecule has 1 atom stereocenters. The van der Waals surface area contributed by atoms with Crippen molar-refractivity contribution in [2.24, 2.45) is 0 Å². The van der Waals surface area contributed by atoms with Gasteiger partial charge >= 0.3 is 0 Å². The number of thiophene rings is 1. The van der Waals surface area contributed by atoms with Crippen molar-refractivity contribution < 1.29 is 27.2 Å². The van der Waals surface area contributed by atoms with Crippen molar-refractivity contribution in [2.45, 2.75) is 29.6 Å². The monoisotopic (exact) mass is 526 g/mol. The highest BCUT2D eigenvalue weighted by Gasteiger charge is 2.41. The highest BCUT2D eigenvalue weighted by Crippen LogP contribution is 2.36. The van der Waals surface area contributed by atoms with Crippen molar-refractivity contribution in [1.29, 1.82) is 0 Å². The molecule has 0 spiro atoms. The predicted octanol–water partition coefficient (Wildman–Crippen LogP) is 1.81. The van der Waals surface area contributed by atoms with E-state index in [-0.39, 0.29) is 48.2 Å². The van der Waals surface area contributed by atoms with Gasteiger partial charge in [-0.05, 0) is 30.7 Å². The fraction of sp³-hybridized carbons (Fsp3) is 0.381. The number of hydrogen-bond donors (Lipinski definition) is 1. The number of piperidine rings is 1. The van der Waals surface area contributed by atoms with Crippen LogP contribution < -0.4 is 10.2 Å². The summed E-state index contributed by atoms with van der Waals surface area (Å²) in [5, 5.41) is 2.25. The Morgan fingerprint density at radius 2 is 1.82 bits per heavy atom. The number of piperazine rings is 1. The number of fused-ring (bicyclic) bond motifs is 1. The zero-order valence-electron chi connectivity index (χ0n) is 17.8. The molecule has 0 aliphatic carbocycles. The van der Waals surface area contributed by atoms with E-state index in [0.29, 0.717) is 28.7 Å². The summed E-state index contributed by atoms with van der Waals surface area (Å²) < 4.78 is 42.2. The molecule has 3 aliphatic heterocycles. The molecule has 180 valence electrons. The summed E-state index contributed by atoms with van der Waals surface area (Å²) in [6.45, 7) is 1.10. The van der Waals surface area contributed by atoms with Gasteiger partial charge in [-0.25, -0.2) is 12.8 Å². The number of halogens is 2. The first-order valence-corrected chi connectivity index (χ1v) is 13.3. The van der Waals surface area contributed by atoms with Crippen molar-refractivity contribution >= 4 is 56.4 Å². The second-order valence-corrected chi connectivity index (χ2v) is 12.2. The summed E-state index contributed by atoms with van der Waals surface area (Å²) in [5.74, 6) is -1.96. The molecular formula is C21H20ClFN4O5S2. The normalized spacial score (nSPS) is 21.7. The summed E-state index contributed by atoms with van der Waals surface area (Å²) in [6.07, 6.45) is 0.342. The van der Waals surface area contributed by atoms with Crippen molar-refractivity contribution in [3.8, 4) is 0 Å². The lowest BCUT2D eigenvalue weighted by atomic mass is 10.0. The third-order valence-electron chi connectivity index (χ3n) is 6.32. The van der Waals surface area contributed by atoms with Gasteiger partial charge in [-0.3, -0.25) is 19.7 Å². The lowest BCUT2D eigenvalue weighted by molar-refractivity contribution is -0.136. The number of imide groups is 1. The number of anilines is 1. The van der Waals surface area contributed by atoms with Gasteiger partial charge in [0.05, 0.1) is 4.34 Å². The molecule has 0 bridgehead atoms. The van der Waals surface area contributed by atoms with E-state index in [1.165, 1.54) is 27.4 Å². The van der Waals surface area contributed by atoms with E-state index in [1.807, 2.05) is 4.90 Å². The minimum absolute atomic E-state index is 0.113. The maximum absolute atomic E-state index is 14.5. The number of hydrogen-bond acceptors (Lipinski definition) is 7. The number of carbonyl (C=O) groups excluding carboxylic acids is 3. The van der Waals surface area contributed by atoms with Crippen molar-refractivity contribution in [1.82, 2.24) is 14.5 Å². The Kier molecular flexibility index (Phi) is 5.87. The number of benzene rings is 1. The quantitative estimate of drug-likeness (QED) is 0.609. The van der Waals surface area contributed by atoms with Crippen LogP contribution in [0.3, 0.4) is 0 Å². The van der Waals surface area contributed by atoms with Gasteiger partial charge in [0, 0.05) is 56.0 Å². The van der Waals surface area contributed by atoms with Gasteiger partial charge < -0.3 is 9.80 Å². The molecule has 34 heavy (non-hydrogen) atoms. The number of nitrogens with zero attached hydrogens (tertiary/aromatic N) is 3. The third kappa shape index (κ3) is 3.98. The number of amides is 3. The Balaban J connectivity index is 1.36. The molecule has 13 heteroatoms. The predicted molar refractivity (Wildman–Crippen MR) is 123 cm³/mol. The molecule has 1 aromatic carbocycles. The van der Waals surface area contributed by atoms with Gasteiger partial charge in [0.15, 0.2) is 0 Å². The SMILES string of the molecule is O=C1CCC(N2Cc3c(cc(F)cc3N3CCN(S(=O)(=O)c4ccc(Cl)s4)CC3)C2=O)C(=O)N1. The summed E-state index contributed by atoms with van der Waals surface area (Å²) in [7, 11) is -3.68. The molecule has 2 fully saturated rings. The van der Waals surface area contributed by atoms with E-state index < -0.39 is 33.7 Å². The van der Waals surface area contributed by atoms with E-state index in [0.717, 1.165) is 17.4 Å². The minimum atomic E-state index is -3.68. The number of rotatable bonds is 4. The van der Waals surface area contributed by atoms with Crippen LogP contribution in [0, 0.1) is 5.82 Å². The average molecular weight is 527 g/mol. The molecule has 2 saturated heterocycles. The zero-order valence-corrected chi connectivity index (χ0v) is 20.2. The maximum Gasteiger partial charge on any atom is 0.255 e. The fourth-order valence-electron chi connectivity index (χ4n) is 4.62. The van der Waals surface area contributed by atoms with Crippen LogP contribution >= 0.6 is 22.9 Å². The molecule has 1 aromatic heterocycles. The Labute approximate surface area is 204 Å². The van der Waals surface area contributed by atoms with Crippen LogP contribution in [0.25, 0.3) is 0 Å². The molecule has 2 aromatic rings. The first kappa shape index (κ1) is 23.2. The van der Waals surface area contributed by atoms with Crippen LogP contribution in [-0.2, 0) is 26.2 Å². The second-order valence-electron chi connectivity index (χ2n) is 8.30. The highest BCUT2D eigenvalue weighted by atomic mass is 35.5. The summed E-state index contributed by atoms with van der Waals surface area (Å²) in [6, 6.07) is 4.71. The van der Waals surface area contributed by atoms with Crippen LogP contribution in [0.1, 0.15) is 28.8 Å². The third-order valence-corrected chi connectivity index (χ3v) is 9.92. The first-order valence-electron chi connectivity index (χ1n) is 10.6. The summed E-state index contributed by atoms with van der Waals surface area (Å²) in [4.78, 5) is 40.1. The Hall–Kier alpha value is -2.54. The van der Waals surface area contributed by atoms with E-state index in [4.69, 9.17) is 11.6 Å². The van der Waals surface area contributed by atoms with E-state index in [1.54, 1.807) is 0 Å². The van der Waals surface area contributed by atoms with E-state index >= 15 is 0 Å². The average Bonchev–Trinajstić information content (AvgIpc) is 3.38. The topological polar surface area (TPSA) is 107 Å². The van der Waals surface area contributed by atoms with E-state index in [9.17, 15) is 27.2 Å². The van der Waals surface area contributed by atoms with Crippen molar-refractivity contribution in [2.75, 3.05) is 31.1 Å². The van der Waals surface area contributed by atoms with Gasteiger partial charge in [-0.1, -0.05) is 11.6 Å².